The highest BCUT2D eigenvalue weighted by molar-refractivity contribution is 5.91. The topological polar surface area (TPSA) is 70.7 Å². The van der Waals surface area contributed by atoms with Crippen molar-refractivity contribution in [1.82, 2.24) is 15.5 Å². The summed E-state index contributed by atoms with van der Waals surface area (Å²) in [6.45, 7) is 3.27. The van der Waals surface area contributed by atoms with Crippen molar-refractivity contribution in [1.29, 1.82) is 0 Å². The van der Waals surface area contributed by atoms with Crippen molar-refractivity contribution >= 4 is 11.8 Å². The molecule has 2 amide bonds. The van der Waals surface area contributed by atoms with Gasteiger partial charge in [-0.2, -0.15) is 0 Å². The lowest BCUT2D eigenvalue weighted by Crippen LogP contribution is -2.43. The molecule has 140 valence electrons. The summed E-state index contributed by atoms with van der Waals surface area (Å²) in [7, 11) is 1.64. The van der Waals surface area contributed by atoms with Gasteiger partial charge >= 0.3 is 0 Å². The van der Waals surface area contributed by atoms with E-state index in [-0.39, 0.29) is 29.2 Å². The predicted molar refractivity (Wildman–Crippen MR) is 97.6 cm³/mol. The molecule has 0 bridgehead atoms. The molecule has 2 heterocycles. The lowest BCUT2D eigenvalue weighted by molar-refractivity contribution is -0.133. The van der Waals surface area contributed by atoms with Gasteiger partial charge < -0.3 is 20.3 Å². The molecule has 2 atom stereocenters. The second kappa shape index (κ2) is 6.91. The first-order valence-corrected chi connectivity index (χ1v) is 9.54. The van der Waals surface area contributed by atoms with Crippen molar-refractivity contribution < 1.29 is 14.3 Å². The van der Waals surface area contributed by atoms with Crippen molar-refractivity contribution in [2.24, 2.45) is 11.3 Å². The summed E-state index contributed by atoms with van der Waals surface area (Å²) in [5.74, 6) is 1.03. The average molecular weight is 357 g/mol. The highest BCUT2D eigenvalue weighted by Crippen LogP contribution is 2.58. The lowest BCUT2D eigenvalue weighted by atomic mass is 9.91. The summed E-state index contributed by atoms with van der Waals surface area (Å²) in [5, 5.41) is 6.38. The van der Waals surface area contributed by atoms with Crippen LogP contribution >= 0.6 is 0 Å². The van der Waals surface area contributed by atoms with Crippen molar-refractivity contribution in [3.05, 3.63) is 29.8 Å². The van der Waals surface area contributed by atoms with Gasteiger partial charge in [0, 0.05) is 19.0 Å². The fraction of sp³-hybridized carbons (Fsp3) is 0.600. The first-order chi connectivity index (χ1) is 12.6. The summed E-state index contributed by atoms with van der Waals surface area (Å²) in [4.78, 5) is 27.1. The first kappa shape index (κ1) is 17.3. The Balaban J connectivity index is 1.30. The molecule has 26 heavy (non-hydrogen) atoms. The van der Waals surface area contributed by atoms with E-state index in [4.69, 9.17) is 4.74 Å². The molecule has 6 nitrogen and oxygen atoms in total. The second-order valence-corrected chi connectivity index (χ2v) is 7.83. The van der Waals surface area contributed by atoms with Crippen LogP contribution in [0, 0.1) is 11.3 Å². The first-order valence-electron chi connectivity index (χ1n) is 9.54. The zero-order valence-electron chi connectivity index (χ0n) is 15.3. The number of nitrogens with one attached hydrogen (secondary N) is 2. The molecule has 1 spiro atoms. The molecule has 2 aliphatic heterocycles. The van der Waals surface area contributed by atoms with Gasteiger partial charge in [-0.25, -0.2) is 0 Å². The molecule has 1 aromatic rings. The maximum absolute atomic E-state index is 12.7. The zero-order valence-corrected chi connectivity index (χ0v) is 15.3. The standard InChI is InChI=1S/C20H27N3O3/c1-26-15-4-2-14(3-5-15)13-23-11-6-17(19(23)25)22-18(24)16-12-20(16)7-9-21-10-8-20/h2-5,16-17,21H,6-13H2,1H3,(H,22,24). The molecular weight excluding hydrogens is 330 g/mol. The van der Waals surface area contributed by atoms with E-state index in [1.165, 1.54) is 0 Å². The van der Waals surface area contributed by atoms with E-state index in [1.807, 2.05) is 29.2 Å². The number of ether oxygens (including phenoxy) is 1. The Morgan fingerprint density at radius 1 is 1.31 bits per heavy atom. The fourth-order valence-electron chi connectivity index (χ4n) is 4.45. The van der Waals surface area contributed by atoms with Crippen molar-refractivity contribution in [3.63, 3.8) is 0 Å². The van der Waals surface area contributed by atoms with Gasteiger partial charge in [-0.05, 0) is 61.9 Å². The van der Waals surface area contributed by atoms with Crippen molar-refractivity contribution in [2.75, 3.05) is 26.7 Å². The largest absolute Gasteiger partial charge is 0.497 e. The summed E-state index contributed by atoms with van der Waals surface area (Å²) >= 11 is 0. The normalized spacial score (nSPS) is 26.8. The molecule has 3 aliphatic rings. The Morgan fingerprint density at radius 3 is 2.73 bits per heavy atom. The van der Waals surface area contributed by atoms with Crippen LogP contribution in [0.5, 0.6) is 5.75 Å². The fourth-order valence-corrected chi connectivity index (χ4v) is 4.45. The van der Waals surface area contributed by atoms with E-state index in [2.05, 4.69) is 10.6 Å². The van der Waals surface area contributed by atoms with Crippen LogP contribution in [0.3, 0.4) is 0 Å². The number of benzene rings is 1. The van der Waals surface area contributed by atoms with Gasteiger partial charge in [0.2, 0.25) is 11.8 Å². The predicted octanol–water partition coefficient (Wildman–Crippen LogP) is 1.30. The van der Waals surface area contributed by atoms with Crippen LogP contribution < -0.4 is 15.4 Å². The third kappa shape index (κ3) is 3.30. The number of amides is 2. The number of hydrogen-bond acceptors (Lipinski definition) is 4. The number of likely N-dealkylation sites (tertiary alicyclic amines) is 1. The number of nitrogens with zero attached hydrogens (tertiary/aromatic N) is 1. The van der Waals surface area contributed by atoms with Crippen LogP contribution in [-0.2, 0) is 16.1 Å². The van der Waals surface area contributed by atoms with Gasteiger partial charge in [0.05, 0.1) is 7.11 Å². The Morgan fingerprint density at radius 2 is 2.04 bits per heavy atom. The summed E-state index contributed by atoms with van der Waals surface area (Å²) in [5.41, 5.74) is 1.28. The second-order valence-electron chi connectivity index (χ2n) is 7.83. The molecule has 2 N–H and O–H groups in total. The van der Waals surface area contributed by atoms with Crippen molar-refractivity contribution in [2.45, 2.75) is 38.3 Å². The van der Waals surface area contributed by atoms with E-state index in [0.717, 1.165) is 43.7 Å². The molecule has 1 aliphatic carbocycles. The number of carbonyl (C=O) groups is 2. The smallest absolute Gasteiger partial charge is 0.245 e. The maximum atomic E-state index is 12.7. The number of hydrogen-bond donors (Lipinski definition) is 2. The van der Waals surface area contributed by atoms with E-state index < -0.39 is 0 Å². The highest BCUT2D eigenvalue weighted by Gasteiger charge is 2.58. The molecule has 2 saturated heterocycles. The van der Waals surface area contributed by atoms with Gasteiger partial charge in [0.1, 0.15) is 11.8 Å². The molecule has 6 heteroatoms. The average Bonchev–Trinajstić information content (AvgIpc) is 3.26. The Bertz CT molecular complexity index is 682. The van der Waals surface area contributed by atoms with Crippen molar-refractivity contribution in [3.8, 4) is 5.75 Å². The highest BCUT2D eigenvalue weighted by atomic mass is 16.5. The SMILES string of the molecule is COc1ccc(CN2CCC(NC(=O)C3CC34CCNCC4)C2=O)cc1. The summed E-state index contributed by atoms with van der Waals surface area (Å²) < 4.78 is 5.16. The molecule has 1 aromatic carbocycles. The van der Waals surface area contributed by atoms with Gasteiger partial charge in [-0.3, -0.25) is 9.59 Å². The zero-order chi connectivity index (χ0) is 18.1. The van der Waals surface area contributed by atoms with Crippen LogP contribution in [0.15, 0.2) is 24.3 Å². The third-order valence-corrected chi connectivity index (χ3v) is 6.25. The molecular formula is C20H27N3O3. The van der Waals surface area contributed by atoms with E-state index in [0.29, 0.717) is 19.5 Å². The molecule has 3 fully saturated rings. The monoisotopic (exact) mass is 357 g/mol. The van der Waals surface area contributed by atoms with Gasteiger partial charge in [0.15, 0.2) is 0 Å². The minimum absolute atomic E-state index is 0.0363. The van der Waals surface area contributed by atoms with Crippen LogP contribution in [0.25, 0.3) is 0 Å². The molecule has 4 rings (SSSR count). The number of methoxy groups -OCH3 is 1. The van der Waals surface area contributed by atoms with Crippen LogP contribution in [-0.4, -0.2) is 49.5 Å². The summed E-state index contributed by atoms with van der Waals surface area (Å²) in [6.07, 6.45) is 3.83. The van der Waals surface area contributed by atoms with E-state index in [9.17, 15) is 9.59 Å². The van der Waals surface area contributed by atoms with E-state index >= 15 is 0 Å². The van der Waals surface area contributed by atoms with E-state index in [1.54, 1.807) is 7.11 Å². The minimum atomic E-state index is -0.361. The van der Waals surface area contributed by atoms with Gasteiger partial charge in [-0.1, -0.05) is 12.1 Å². The molecule has 2 unspecified atom stereocenters. The number of piperidine rings is 1. The minimum Gasteiger partial charge on any atom is -0.497 e. The van der Waals surface area contributed by atoms with Crippen LogP contribution in [0.2, 0.25) is 0 Å². The quantitative estimate of drug-likeness (QED) is 0.833. The third-order valence-electron chi connectivity index (χ3n) is 6.25. The number of carbonyl (C=O) groups excluding carboxylic acids is 2. The molecule has 0 radical (unpaired) electrons. The lowest BCUT2D eigenvalue weighted by Gasteiger charge is -2.23. The van der Waals surface area contributed by atoms with Crippen LogP contribution in [0.4, 0.5) is 0 Å². The molecule has 1 saturated carbocycles. The van der Waals surface area contributed by atoms with Crippen LogP contribution in [0.1, 0.15) is 31.2 Å². The number of rotatable bonds is 5. The Hall–Kier alpha value is -2.08. The molecule has 0 aromatic heterocycles. The van der Waals surface area contributed by atoms with Gasteiger partial charge in [0.25, 0.3) is 0 Å². The Labute approximate surface area is 154 Å². The summed E-state index contributed by atoms with van der Waals surface area (Å²) in [6, 6.07) is 7.40. The van der Waals surface area contributed by atoms with Gasteiger partial charge in [-0.15, -0.1) is 0 Å². The Kier molecular flexibility index (Phi) is 4.61. The maximum Gasteiger partial charge on any atom is 0.245 e.